The van der Waals surface area contributed by atoms with Crippen LogP contribution in [0.2, 0.25) is 0 Å². The molecule has 0 spiro atoms. The van der Waals surface area contributed by atoms with Crippen molar-refractivity contribution in [3.63, 3.8) is 0 Å². The van der Waals surface area contributed by atoms with Gasteiger partial charge in [0.15, 0.2) is 0 Å². The molecule has 1 aliphatic rings. The summed E-state index contributed by atoms with van der Waals surface area (Å²) in [5.41, 5.74) is 3.42. The first kappa shape index (κ1) is 25.9. The van der Waals surface area contributed by atoms with Crippen LogP contribution < -0.4 is 15.4 Å². The summed E-state index contributed by atoms with van der Waals surface area (Å²) >= 11 is 1.41. The molecule has 1 fully saturated rings. The average Bonchev–Trinajstić information content (AvgIpc) is 3.34. The summed E-state index contributed by atoms with van der Waals surface area (Å²) in [6, 6.07) is 15.4. The van der Waals surface area contributed by atoms with E-state index in [1.54, 1.807) is 5.38 Å². The maximum absolute atomic E-state index is 13.0. The second-order valence-corrected chi connectivity index (χ2v) is 11.4. The molecule has 0 radical (unpaired) electrons. The van der Waals surface area contributed by atoms with Gasteiger partial charge in [0.1, 0.15) is 23.1 Å². The number of hydrogen-bond donors (Lipinski definition) is 2. The van der Waals surface area contributed by atoms with Crippen molar-refractivity contribution in [3.05, 3.63) is 81.3 Å². The number of aryl methyl sites for hydroxylation is 1. The zero-order valence-electron chi connectivity index (χ0n) is 21.5. The van der Waals surface area contributed by atoms with Crippen LogP contribution >= 0.6 is 11.3 Å². The van der Waals surface area contributed by atoms with Gasteiger partial charge >= 0.3 is 0 Å². The lowest BCUT2D eigenvalue weighted by Gasteiger charge is -2.32. The van der Waals surface area contributed by atoms with Gasteiger partial charge in [-0.05, 0) is 55.0 Å². The molecular weight excluding hydrogens is 470 g/mol. The Balaban J connectivity index is 1.33. The van der Waals surface area contributed by atoms with Gasteiger partial charge in [-0.1, -0.05) is 63.4 Å². The fourth-order valence-electron chi connectivity index (χ4n) is 4.35. The van der Waals surface area contributed by atoms with Crippen LogP contribution in [0.1, 0.15) is 83.4 Å². The van der Waals surface area contributed by atoms with Gasteiger partial charge in [-0.3, -0.25) is 9.59 Å². The number of benzene rings is 2. The average molecular weight is 506 g/mol. The number of nitrogens with one attached hydrogen (secondary N) is 2. The molecule has 3 aromatic rings. The van der Waals surface area contributed by atoms with Crippen molar-refractivity contribution in [1.82, 2.24) is 15.6 Å². The molecule has 190 valence electrons. The summed E-state index contributed by atoms with van der Waals surface area (Å²) in [5.74, 6) is 0.454. The minimum absolute atomic E-state index is 0.0378. The van der Waals surface area contributed by atoms with Crippen LogP contribution in [0, 0.1) is 6.92 Å². The van der Waals surface area contributed by atoms with Gasteiger partial charge in [0.25, 0.3) is 11.8 Å². The Morgan fingerprint density at radius 1 is 0.944 bits per heavy atom. The minimum Gasteiger partial charge on any atom is -0.486 e. The summed E-state index contributed by atoms with van der Waals surface area (Å²) in [4.78, 5) is 30.4. The Morgan fingerprint density at radius 2 is 1.56 bits per heavy atom. The fraction of sp³-hybridized carbons (Fsp3) is 0.414. The number of hydrogen-bond acceptors (Lipinski definition) is 5. The molecule has 2 aromatic carbocycles. The Morgan fingerprint density at radius 3 is 2.17 bits per heavy atom. The first-order chi connectivity index (χ1) is 17.2. The van der Waals surface area contributed by atoms with Crippen molar-refractivity contribution in [1.29, 1.82) is 0 Å². The summed E-state index contributed by atoms with van der Waals surface area (Å²) in [6.07, 6.45) is 3.71. The molecule has 2 N–H and O–H groups in total. The van der Waals surface area contributed by atoms with Crippen molar-refractivity contribution < 1.29 is 14.3 Å². The lowest BCUT2D eigenvalue weighted by atomic mass is 9.86. The van der Waals surface area contributed by atoms with Crippen molar-refractivity contribution >= 4 is 23.2 Å². The zero-order valence-corrected chi connectivity index (χ0v) is 22.3. The van der Waals surface area contributed by atoms with E-state index in [1.807, 2.05) is 55.5 Å². The number of rotatable bonds is 7. The standard InChI is InChI=1S/C29H35N3O3S/c1-19-9-15-22(16-10-19)35-17-26-30-25(18-36-26)28(34)32-24-8-6-5-7-23(24)31-27(33)20-11-13-21(14-12-20)29(2,3)4/h9-16,18,23-24H,5-8,17H2,1-4H3,(H,31,33)(H,32,34)/t23-,24+/m0/s1. The molecule has 0 aliphatic heterocycles. The maximum atomic E-state index is 13.0. The molecule has 1 aromatic heterocycles. The van der Waals surface area contributed by atoms with E-state index in [9.17, 15) is 9.59 Å². The topological polar surface area (TPSA) is 80.3 Å². The highest BCUT2D eigenvalue weighted by atomic mass is 32.1. The van der Waals surface area contributed by atoms with Crippen LogP contribution in [0.5, 0.6) is 5.75 Å². The predicted molar refractivity (Wildman–Crippen MR) is 144 cm³/mol. The second-order valence-electron chi connectivity index (χ2n) is 10.5. The normalized spacial score (nSPS) is 17.9. The molecule has 0 saturated heterocycles. The van der Waals surface area contributed by atoms with E-state index in [0.717, 1.165) is 36.4 Å². The summed E-state index contributed by atoms with van der Waals surface area (Å²) in [6.45, 7) is 8.80. The van der Waals surface area contributed by atoms with Crippen molar-refractivity contribution in [2.24, 2.45) is 0 Å². The number of carbonyl (C=O) groups is 2. The van der Waals surface area contributed by atoms with Crippen molar-refractivity contribution in [3.8, 4) is 5.75 Å². The third kappa shape index (κ3) is 6.72. The molecule has 1 aliphatic carbocycles. The lowest BCUT2D eigenvalue weighted by Crippen LogP contribution is -2.53. The molecule has 0 bridgehead atoms. The van der Waals surface area contributed by atoms with Gasteiger partial charge in [-0.2, -0.15) is 0 Å². The number of carbonyl (C=O) groups excluding carboxylic acids is 2. The van der Waals surface area contributed by atoms with Gasteiger partial charge < -0.3 is 15.4 Å². The van der Waals surface area contributed by atoms with E-state index in [-0.39, 0.29) is 29.3 Å². The monoisotopic (exact) mass is 505 g/mol. The molecule has 7 heteroatoms. The number of nitrogens with zero attached hydrogens (tertiary/aromatic N) is 1. The number of aromatic nitrogens is 1. The number of ether oxygens (including phenoxy) is 1. The smallest absolute Gasteiger partial charge is 0.271 e. The van der Waals surface area contributed by atoms with E-state index in [2.05, 4.69) is 36.4 Å². The third-order valence-electron chi connectivity index (χ3n) is 6.58. The van der Waals surface area contributed by atoms with E-state index in [4.69, 9.17) is 4.74 Å². The van der Waals surface area contributed by atoms with Crippen LogP contribution in [-0.2, 0) is 12.0 Å². The highest BCUT2D eigenvalue weighted by molar-refractivity contribution is 7.09. The Hall–Kier alpha value is -3.19. The molecule has 4 rings (SSSR count). The molecule has 2 amide bonds. The van der Waals surface area contributed by atoms with Gasteiger partial charge in [0, 0.05) is 23.0 Å². The van der Waals surface area contributed by atoms with Crippen molar-refractivity contribution in [2.45, 2.75) is 77.5 Å². The largest absolute Gasteiger partial charge is 0.486 e. The fourth-order valence-corrected chi connectivity index (χ4v) is 5.04. The number of thiazole rings is 1. The van der Waals surface area contributed by atoms with Gasteiger partial charge in [-0.25, -0.2) is 4.98 Å². The quantitative estimate of drug-likeness (QED) is 0.425. The summed E-state index contributed by atoms with van der Waals surface area (Å²) in [5, 5.41) is 8.77. The van der Waals surface area contributed by atoms with E-state index >= 15 is 0 Å². The minimum atomic E-state index is -0.214. The lowest BCUT2D eigenvalue weighted by molar-refractivity contribution is 0.0860. The van der Waals surface area contributed by atoms with E-state index in [1.165, 1.54) is 22.5 Å². The molecule has 1 heterocycles. The predicted octanol–water partition coefficient (Wildman–Crippen LogP) is 5.80. The first-order valence-electron chi connectivity index (χ1n) is 12.6. The molecule has 2 atom stereocenters. The van der Waals surface area contributed by atoms with Crippen LogP contribution in [0.4, 0.5) is 0 Å². The summed E-state index contributed by atoms with van der Waals surface area (Å²) in [7, 11) is 0. The molecule has 36 heavy (non-hydrogen) atoms. The molecular formula is C29H35N3O3S. The first-order valence-corrected chi connectivity index (χ1v) is 13.4. The third-order valence-corrected chi connectivity index (χ3v) is 7.40. The second kappa shape index (κ2) is 11.2. The maximum Gasteiger partial charge on any atom is 0.271 e. The molecule has 6 nitrogen and oxygen atoms in total. The van der Waals surface area contributed by atoms with Crippen molar-refractivity contribution in [2.75, 3.05) is 0 Å². The van der Waals surface area contributed by atoms with Crippen LogP contribution in [-0.4, -0.2) is 28.9 Å². The zero-order chi connectivity index (χ0) is 25.7. The van der Waals surface area contributed by atoms with Crippen LogP contribution in [0.25, 0.3) is 0 Å². The van der Waals surface area contributed by atoms with E-state index < -0.39 is 0 Å². The number of amides is 2. The van der Waals surface area contributed by atoms with Gasteiger partial charge in [0.05, 0.1) is 0 Å². The molecule has 0 unspecified atom stereocenters. The van der Waals surface area contributed by atoms with Gasteiger partial charge in [-0.15, -0.1) is 11.3 Å². The van der Waals surface area contributed by atoms with E-state index in [0.29, 0.717) is 17.9 Å². The Kier molecular flexibility index (Phi) is 8.09. The van der Waals surface area contributed by atoms with Gasteiger partial charge in [0.2, 0.25) is 0 Å². The SMILES string of the molecule is Cc1ccc(OCc2nc(C(=O)N[C@@H]3CCCC[C@@H]3NC(=O)c3ccc(C(C)(C)C)cc3)cs2)cc1. The van der Waals surface area contributed by atoms with Crippen LogP contribution in [0.3, 0.4) is 0 Å². The molecule has 1 saturated carbocycles. The highest BCUT2D eigenvalue weighted by Gasteiger charge is 2.29. The van der Waals surface area contributed by atoms with Crippen LogP contribution in [0.15, 0.2) is 53.9 Å². The summed E-state index contributed by atoms with van der Waals surface area (Å²) < 4.78 is 5.79. The highest BCUT2D eigenvalue weighted by Crippen LogP contribution is 2.23. The Labute approximate surface area is 217 Å². The Bertz CT molecular complexity index is 1180.